The van der Waals surface area contributed by atoms with Crippen molar-refractivity contribution in [2.24, 2.45) is 0 Å². The van der Waals surface area contributed by atoms with Gasteiger partial charge in [-0.1, -0.05) is 23.8 Å². The molecule has 21 heavy (non-hydrogen) atoms. The first-order chi connectivity index (χ1) is 10.1. The van der Waals surface area contributed by atoms with Crippen LogP contribution in [0.3, 0.4) is 0 Å². The van der Waals surface area contributed by atoms with Crippen LogP contribution in [0.1, 0.15) is 24.9 Å². The Labute approximate surface area is 124 Å². The van der Waals surface area contributed by atoms with Crippen LogP contribution in [0.2, 0.25) is 0 Å². The summed E-state index contributed by atoms with van der Waals surface area (Å²) in [6.07, 6.45) is 0.740. The fraction of sp³-hybridized carbons (Fsp3) is 0.500. The van der Waals surface area contributed by atoms with Gasteiger partial charge in [0.15, 0.2) is 0 Å². The van der Waals surface area contributed by atoms with Crippen molar-refractivity contribution >= 4 is 0 Å². The van der Waals surface area contributed by atoms with Crippen molar-refractivity contribution in [3.63, 3.8) is 0 Å². The minimum atomic E-state index is -2.81. The number of alkyl halides is 2. The summed E-state index contributed by atoms with van der Waals surface area (Å²) in [6.45, 7) is 6.73. The highest BCUT2D eigenvalue weighted by molar-refractivity contribution is 5.36. The maximum Gasteiger partial charge on any atom is 0.387 e. The van der Waals surface area contributed by atoms with Crippen molar-refractivity contribution in [2.45, 2.75) is 26.0 Å². The zero-order valence-electron chi connectivity index (χ0n) is 12.3. The number of rotatable bonds is 6. The number of para-hydroxylation sites is 1. The number of hydrogen-bond donors (Lipinski definition) is 1. The Bertz CT molecular complexity index is 473. The minimum Gasteiger partial charge on any atom is -0.434 e. The predicted octanol–water partition coefficient (Wildman–Crippen LogP) is 3.20. The van der Waals surface area contributed by atoms with E-state index in [9.17, 15) is 8.78 Å². The summed E-state index contributed by atoms with van der Waals surface area (Å²) in [4.78, 5) is 2.30. The van der Waals surface area contributed by atoms with E-state index in [-0.39, 0.29) is 11.8 Å². The maximum absolute atomic E-state index is 12.6. The molecular weight excluding hydrogens is 274 g/mol. The minimum absolute atomic E-state index is 0.0274. The third-order valence-electron chi connectivity index (χ3n) is 3.63. The average molecular weight is 296 g/mol. The van der Waals surface area contributed by atoms with Gasteiger partial charge in [0, 0.05) is 37.8 Å². The molecule has 0 unspecified atom stereocenters. The molecule has 0 aliphatic carbocycles. The van der Waals surface area contributed by atoms with Crippen LogP contribution in [-0.2, 0) is 0 Å². The normalized spacial score (nSPS) is 17.7. The molecule has 0 radical (unpaired) electrons. The third-order valence-corrected chi connectivity index (χ3v) is 3.63. The Balaban J connectivity index is 2.28. The summed E-state index contributed by atoms with van der Waals surface area (Å²) in [6, 6.07) is 7.08. The van der Waals surface area contributed by atoms with Gasteiger partial charge in [-0.2, -0.15) is 8.78 Å². The fourth-order valence-corrected chi connectivity index (χ4v) is 2.72. The van der Waals surface area contributed by atoms with Crippen molar-refractivity contribution < 1.29 is 13.5 Å². The zero-order chi connectivity index (χ0) is 15.2. The molecule has 0 aromatic heterocycles. The van der Waals surface area contributed by atoms with Crippen molar-refractivity contribution in [3.05, 3.63) is 42.0 Å². The second kappa shape index (κ2) is 7.52. The molecule has 1 heterocycles. The first-order valence-corrected chi connectivity index (χ1v) is 7.21. The van der Waals surface area contributed by atoms with Crippen LogP contribution in [-0.4, -0.2) is 37.7 Å². The lowest BCUT2D eigenvalue weighted by molar-refractivity contribution is -0.0512. The number of nitrogens with one attached hydrogen (secondary N) is 1. The molecule has 2 rings (SSSR count). The molecule has 1 fully saturated rings. The monoisotopic (exact) mass is 296 g/mol. The SMILES string of the molecule is C=C(C)C[C@H](c1ccccc1OC(F)F)N1CCNCC1. The van der Waals surface area contributed by atoms with Crippen LogP contribution in [0, 0.1) is 0 Å². The summed E-state index contributed by atoms with van der Waals surface area (Å²) < 4.78 is 29.9. The number of halogens is 2. The topological polar surface area (TPSA) is 24.5 Å². The lowest BCUT2D eigenvalue weighted by Crippen LogP contribution is -2.45. The van der Waals surface area contributed by atoms with E-state index in [4.69, 9.17) is 4.74 Å². The van der Waals surface area contributed by atoms with Gasteiger partial charge in [0.05, 0.1) is 0 Å². The molecule has 1 aromatic rings. The summed E-state index contributed by atoms with van der Waals surface area (Å²) in [7, 11) is 0. The molecule has 116 valence electrons. The number of ether oxygens (including phenoxy) is 1. The van der Waals surface area contributed by atoms with Crippen LogP contribution in [0.25, 0.3) is 0 Å². The number of benzene rings is 1. The van der Waals surface area contributed by atoms with Crippen molar-refractivity contribution in [1.29, 1.82) is 0 Å². The first-order valence-electron chi connectivity index (χ1n) is 7.21. The smallest absolute Gasteiger partial charge is 0.387 e. The summed E-state index contributed by atoms with van der Waals surface area (Å²) >= 11 is 0. The van der Waals surface area contributed by atoms with E-state index in [0.717, 1.165) is 43.7 Å². The van der Waals surface area contributed by atoms with Gasteiger partial charge < -0.3 is 10.1 Å². The summed E-state index contributed by atoms with van der Waals surface area (Å²) in [5.74, 6) is 0.261. The van der Waals surface area contributed by atoms with Gasteiger partial charge in [0.2, 0.25) is 0 Å². The van der Waals surface area contributed by atoms with Gasteiger partial charge in [-0.3, -0.25) is 4.90 Å². The second-order valence-corrected chi connectivity index (χ2v) is 5.38. The van der Waals surface area contributed by atoms with Gasteiger partial charge >= 0.3 is 6.61 Å². The third kappa shape index (κ3) is 4.51. The molecule has 0 amide bonds. The van der Waals surface area contributed by atoms with Gasteiger partial charge in [0.25, 0.3) is 0 Å². The molecule has 1 N–H and O–H groups in total. The molecule has 1 aromatic carbocycles. The van der Waals surface area contributed by atoms with Crippen molar-refractivity contribution in [3.8, 4) is 5.75 Å². The Morgan fingerprint density at radius 2 is 2.00 bits per heavy atom. The van der Waals surface area contributed by atoms with Gasteiger partial charge in [-0.15, -0.1) is 6.58 Å². The quantitative estimate of drug-likeness (QED) is 0.816. The molecule has 0 saturated carbocycles. The Kier molecular flexibility index (Phi) is 5.70. The van der Waals surface area contributed by atoms with Crippen LogP contribution in [0.5, 0.6) is 5.75 Å². The molecule has 5 heteroatoms. The van der Waals surface area contributed by atoms with Crippen LogP contribution in [0.4, 0.5) is 8.78 Å². The van der Waals surface area contributed by atoms with Crippen LogP contribution < -0.4 is 10.1 Å². The highest BCUT2D eigenvalue weighted by Crippen LogP contribution is 2.34. The van der Waals surface area contributed by atoms with Crippen molar-refractivity contribution in [2.75, 3.05) is 26.2 Å². The lowest BCUT2D eigenvalue weighted by Gasteiger charge is -2.36. The standard InChI is InChI=1S/C16H22F2N2O/c1-12(2)11-14(20-9-7-19-8-10-20)13-5-3-4-6-15(13)21-16(17)18/h3-6,14,16,19H,1,7-11H2,2H3/t14-/m1/s1. The van der Waals surface area contributed by atoms with E-state index < -0.39 is 6.61 Å². The van der Waals surface area contributed by atoms with E-state index in [1.54, 1.807) is 12.1 Å². The largest absolute Gasteiger partial charge is 0.434 e. The summed E-state index contributed by atoms with van der Waals surface area (Å²) in [5.41, 5.74) is 1.84. The average Bonchev–Trinajstić information content (AvgIpc) is 2.46. The van der Waals surface area contributed by atoms with E-state index in [2.05, 4.69) is 16.8 Å². The Morgan fingerprint density at radius 3 is 2.62 bits per heavy atom. The van der Waals surface area contributed by atoms with Gasteiger partial charge in [-0.25, -0.2) is 0 Å². The summed E-state index contributed by atoms with van der Waals surface area (Å²) in [5, 5.41) is 3.31. The second-order valence-electron chi connectivity index (χ2n) is 5.38. The molecule has 1 atom stereocenters. The van der Waals surface area contributed by atoms with E-state index in [0.29, 0.717) is 0 Å². The van der Waals surface area contributed by atoms with Gasteiger partial charge in [-0.05, 0) is 19.4 Å². The molecule has 0 spiro atoms. The molecule has 3 nitrogen and oxygen atoms in total. The first kappa shape index (κ1) is 15.9. The number of hydrogen-bond acceptors (Lipinski definition) is 3. The predicted molar refractivity (Wildman–Crippen MR) is 79.7 cm³/mol. The Hall–Kier alpha value is -1.46. The lowest BCUT2D eigenvalue weighted by atomic mass is 9.97. The molecule has 1 aliphatic heterocycles. The van der Waals surface area contributed by atoms with Crippen LogP contribution >= 0.6 is 0 Å². The van der Waals surface area contributed by atoms with E-state index in [1.165, 1.54) is 0 Å². The number of nitrogens with zero attached hydrogens (tertiary/aromatic N) is 1. The highest BCUT2D eigenvalue weighted by atomic mass is 19.3. The molecule has 1 saturated heterocycles. The van der Waals surface area contributed by atoms with E-state index in [1.807, 2.05) is 19.1 Å². The number of piperazine rings is 1. The highest BCUT2D eigenvalue weighted by Gasteiger charge is 2.25. The van der Waals surface area contributed by atoms with E-state index >= 15 is 0 Å². The van der Waals surface area contributed by atoms with Crippen LogP contribution in [0.15, 0.2) is 36.4 Å². The molecule has 0 bridgehead atoms. The zero-order valence-corrected chi connectivity index (χ0v) is 12.3. The molecule has 1 aliphatic rings. The van der Waals surface area contributed by atoms with Gasteiger partial charge in [0.1, 0.15) is 5.75 Å². The van der Waals surface area contributed by atoms with Crippen molar-refractivity contribution in [1.82, 2.24) is 10.2 Å². The Morgan fingerprint density at radius 1 is 1.33 bits per heavy atom. The maximum atomic E-state index is 12.6. The fourth-order valence-electron chi connectivity index (χ4n) is 2.72. The molecular formula is C16H22F2N2O.